The van der Waals surface area contributed by atoms with Crippen molar-refractivity contribution in [1.82, 2.24) is 0 Å². The first-order valence-corrected chi connectivity index (χ1v) is 3.71. The van der Waals surface area contributed by atoms with Crippen LogP contribution in [0.15, 0.2) is 12.2 Å². The number of aliphatic hydroxyl groups is 2. The van der Waals surface area contributed by atoms with Crippen LogP contribution in [-0.4, -0.2) is 23.4 Å². The molecule has 2 nitrogen and oxygen atoms in total. The van der Waals surface area contributed by atoms with Gasteiger partial charge in [0.15, 0.2) is 0 Å². The van der Waals surface area contributed by atoms with Gasteiger partial charge in [-0.05, 0) is 12.8 Å². The number of hydrogen-bond donors (Lipinski definition) is 2. The van der Waals surface area contributed by atoms with Gasteiger partial charge in [-0.2, -0.15) is 0 Å². The molecule has 0 aromatic carbocycles. The van der Waals surface area contributed by atoms with E-state index in [4.69, 9.17) is 10.2 Å². The molecule has 0 radical (unpaired) electrons. The predicted molar refractivity (Wildman–Crippen MR) is 41.7 cm³/mol. The molecule has 0 heterocycles. The highest BCUT2D eigenvalue weighted by molar-refractivity contribution is 4.82. The summed E-state index contributed by atoms with van der Waals surface area (Å²) >= 11 is 0. The van der Waals surface area contributed by atoms with Crippen LogP contribution in [0.4, 0.5) is 0 Å². The zero-order chi connectivity index (χ0) is 7.82. The third-order valence-electron chi connectivity index (χ3n) is 1.39. The van der Waals surface area contributed by atoms with Gasteiger partial charge < -0.3 is 10.2 Å². The number of allylic oxidation sites excluding steroid dienone is 2. The van der Waals surface area contributed by atoms with Crippen molar-refractivity contribution in [2.45, 2.75) is 19.8 Å². The second kappa shape index (κ2) is 6.78. The van der Waals surface area contributed by atoms with Gasteiger partial charge in [0.05, 0.1) is 0 Å². The minimum Gasteiger partial charge on any atom is -0.396 e. The Morgan fingerprint density at radius 1 is 1.20 bits per heavy atom. The Balaban J connectivity index is 3.34. The first-order valence-electron chi connectivity index (χ1n) is 3.71. The van der Waals surface area contributed by atoms with Crippen LogP contribution < -0.4 is 0 Å². The summed E-state index contributed by atoms with van der Waals surface area (Å²) in [7, 11) is 0. The van der Waals surface area contributed by atoms with Crippen LogP contribution in [0.5, 0.6) is 0 Å². The minimum atomic E-state index is 0.0304. The van der Waals surface area contributed by atoms with Crippen molar-refractivity contribution in [2.75, 3.05) is 13.2 Å². The summed E-state index contributed by atoms with van der Waals surface area (Å²) in [6, 6.07) is 0. The predicted octanol–water partition coefficient (Wildman–Crippen LogP) is 0.944. The molecule has 0 spiro atoms. The van der Waals surface area contributed by atoms with Crippen molar-refractivity contribution in [1.29, 1.82) is 0 Å². The maximum atomic E-state index is 8.63. The Morgan fingerprint density at radius 2 is 1.80 bits per heavy atom. The Bertz CT molecular complexity index is 85.3. The molecule has 2 N–H and O–H groups in total. The van der Waals surface area contributed by atoms with Gasteiger partial charge in [-0.1, -0.05) is 19.1 Å². The molecule has 0 saturated heterocycles. The van der Waals surface area contributed by atoms with Gasteiger partial charge in [0.25, 0.3) is 0 Å². The molecule has 0 saturated carbocycles. The third-order valence-corrected chi connectivity index (χ3v) is 1.39. The fraction of sp³-hybridized carbons (Fsp3) is 0.750. The van der Waals surface area contributed by atoms with E-state index in [-0.39, 0.29) is 19.1 Å². The lowest BCUT2D eigenvalue weighted by molar-refractivity contribution is 0.152. The Labute approximate surface area is 62.2 Å². The number of rotatable bonds is 5. The summed E-state index contributed by atoms with van der Waals surface area (Å²) < 4.78 is 0. The zero-order valence-electron chi connectivity index (χ0n) is 6.45. The summed E-state index contributed by atoms with van der Waals surface area (Å²) in [5, 5.41) is 17.3. The van der Waals surface area contributed by atoms with Crippen molar-refractivity contribution < 1.29 is 10.2 Å². The SMILES string of the molecule is CCC=CCC(CO)CO. The second-order valence-corrected chi connectivity index (χ2v) is 2.35. The molecule has 0 aromatic rings. The Morgan fingerprint density at radius 3 is 2.20 bits per heavy atom. The third kappa shape index (κ3) is 4.53. The van der Waals surface area contributed by atoms with E-state index in [2.05, 4.69) is 6.92 Å². The van der Waals surface area contributed by atoms with Crippen LogP contribution >= 0.6 is 0 Å². The quantitative estimate of drug-likeness (QED) is 0.564. The first kappa shape index (κ1) is 9.66. The maximum Gasteiger partial charge on any atom is 0.0484 e. The van der Waals surface area contributed by atoms with Crippen LogP contribution in [0.25, 0.3) is 0 Å². The van der Waals surface area contributed by atoms with E-state index in [1.54, 1.807) is 0 Å². The smallest absolute Gasteiger partial charge is 0.0484 e. The summed E-state index contributed by atoms with van der Waals surface area (Å²) in [6.45, 7) is 2.21. The largest absolute Gasteiger partial charge is 0.396 e. The van der Waals surface area contributed by atoms with Gasteiger partial charge in [0.1, 0.15) is 0 Å². The lowest BCUT2D eigenvalue weighted by Crippen LogP contribution is -2.09. The molecule has 2 heteroatoms. The molecule has 10 heavy (non-hydrogen) atoms. The highest BCUT2D eigenvalue weighted by atomic mass is 16.3. The molecule has 0 rings (SSSR count). The molecule has 0 aliphatic heterocycles. The average Bonchev–Trinajstić information content (AvgIpc) is 1.99. The first-order chi connectivity index (χ1) is 4.85. The highest BCUT2D eigenvalue weighted by Gasteiger charge is 2.00. The standard InChI is InChI=1S/C8H16O2/c1-2-3-4-5-8(6-9)7-10/h3-4,8-10H,2,5-7H2,1H3. The molecule has 0 amide bonds. The molecule has 0 aliphatic rings. The van der Waals surface area contributed by atoms with E-state index in [0.717, 1.165) is 12.8 Å². The molecular weight excluding hydrogens is 128 g/mol. The minimum absolute atomic E-state index is 0.0304. The lowest BCUT2D eigenvalue weighted by atomic mass is 10.1. The average molecular weight is 144 g/mol. The van der Waals surface area contributed by atoms with E-state index < -0.39 is 0 Å². The Hall–Kier alpha value is -0.340. The van der Waals surface area contributed by atoms with E-state index >= 15 is 0 Å². The summed E-state index contributed by atoms with van der Waals surface area (Å²) in [6.07, 6.45) is 5.83. The molecule has 0 fully saturated rings. The van der Waals surface area contributed by atoms with Crippen LogP contribution in [0.1, 0.15) is 19.8 Å². The van der Waals surface area contributed by atoms with Gasteiger partial charge in [0, 0.05) is 19.1 Å². The van der Waals surface area contributed by atoms with Crippen molar-refractivity contribution in [3.8, 4) is 0 Å². The summed E-state index contributed by atoms with van der Waals surface area (Å²) in [4.78, 5) is 0. The van der Waals surface area contributed by atoms with Crippen LogP contribution in [0.2, 0.25) is 0 Å². The molecular formula is C8H16O2. The van der Waals surface area contributed by atoms with Crippen LogP contribution in [0, 0.1) is 5.92 Å². The van der Waals surface area contributed by atoms with Crippen molar-refractivity contribution in [3.05, 3.63) is 12.2 Å². The number of aliphatic hydroxyl groups excluding tert-OH is 2. The second-order valence-electron chi connectivity index (χ2n) is 2.35. The van der Waals surface area contributed by atoms with E-state index in [0.29, 0.717) is 0 Å². The van der Waals surface area contributed by atoms with Gasteiger partial charge in [-0.3, -0.25) is 0 Å². The van der Waals surface area contributed by atoms with E-state index in [1.807, 2.05) is 12.2 Å². The normalized spacial score (nSPS) is 11.6. The maximum absolute atomic E-state index is 8.63. The van der Waals surface area contributed by atoms with Gasteiger partial charge in [-0.15, -0.1) is 0 Å². The molecule has 60 valence electrons. The van der Waals surface area contributed by atoms with E-state index in [9.17, 15) is 0 Å². The monoisotopic (exact) mass is 144 g/mol. The summed E-state index contributed by atoms with van der Waals surface area (Å²) in [5.41, 5.74) is 0. The molecule has 0 unspecified atom stereocenters. The number of hydrogen-bond acceptors (Lipinski definition) is 2. The zero-order valence-corrected chi connectivity index (χ0v) is 6.45. The van der Waals surface area contributed by atoms with Crippen molar-refractivity contribution >= 4 is 0 Å². The van der Waals surface area contributed by atoms with Crippen molar-refractivity contribution in [2.24, 2.45) is 5.92 Å². The van der Waals surface area contributed by atoms with Crippen LogP contribution in [0.3, 0.4) is 0 Å². The van der Waals surface area contributed by atoms with Gasteiger partial charge in [0.2, 0.25) is 0 Å². The van der Waals surface area contributed by atoms with E-state index in [1.165, 1.54) is 0 Å². The molecule has 0 aromatic heterocycles. The summed E-state index contributed by atoms with van der Waals surface area (Å²) in [5.74, 6) is 0.0304. The topological polar surface area (TPSA) is 40.5 Å². The van der Waals surface area contributed by atoms with Crippen molar-refractivity contribution in [3.63, 3.8) is 0 Å². The van der Waals surface area contributed by atoms with Crippen LogP contribution in [-0.2, 0) is 0 Å². The van der Waals surface area contributed by atoms with Gasteiger partial charge in [-0.25, -0.2) is 0 Å². The highest BCUT2D eigenvalue weighted by Crippen LogP contribution is 2.01. The molecule has 0 bridgehead atoms. The van der Waals surface area contributed by atoms with Gasteiger partial charge >= 0.3 is 0 Å². The fourth-order valence-corrected chi connectivity index (χ4v) is 0.662. The lowest BCUT2D eigenvalue weighted by Gasteiger charge is -2.05. The molecule has 0 aliphatic carbocycles. The molecule has 0 atom stereocenters. The Kier molecular flexibility index (Phi) is 6.55. The fourth-order valence-electron chi connectivity index (χ4n) is 0.662.